The lowest BCUT2D eigenvalue weighted by Crippen LogP contribution is -2.21. The van der Waals surface area contributed by atoms with Gasteiger partial charge in [0.05, 0.1) is 11.1 Å². The van der Waals surface area contributed by atoms with E-state index < -0.39 is 35.8 Å². The van der Waals surface area contributed by atoms with Crippen LogP contribution in [0.2, 0.25) is 5.02 Å². The summed E-state index contributed by atoms with van der Waals surface area (Å²) in [5, 5.41) is -0.268. The zero-order chi connectivity index (χ0) is 13.9. The van der Waals surface area contributed by atoms with Crippen LogP contribution in [-0.2, 0) is 15.7 Å². The second-order valence-corrected chi connectivity index (χ2v) is 3.71. The highest BCUT2D eigenvalue weighted by molar-refractivity contribution is 6.31. The highest BCUT2D eigenvalue weighted by Crippen LogP contribution is 2.32. The molecule has 1 aromatic carbocycles. The van der Waals surface area contributed by atoms with E-state index in [1.54, 1.807) is 0 Å². The summed E-state index contributed by atoms with van der Waals surface area (Å²) in [6, 6.07) is 2.25. The number of halogens is 4. The molecular formula is C10H7ClF3NO3. The maximum absolute atomic E-state index is 12.4. The minimum atomic E-state index is -4.64. The average Bonchev–Trinajstić information content (AvgIpc) is 2.23. The van der Waals surface area contributed by atoms with E-state index >= 15 is 0 Å². The van der Waals surface area contributed by atoms with Gasteiger partial charge in [-0.2, -0.15) is 13.2 Å². The van der Waals surface area contributed by atoms with Crippen LogP contribution in [0, 0.1) is 0 Å². The molecule has 0 aliphatic rings. The molecule has 0 fully saturated rings. The van der Waals surface area contributed by atoms with Gasteiger partial charge in [-0.25, -0.2) is 4.79 Å². The Bertz CT molecular complexity index is 488. The molecule has 0 aliphatic carbocycles. The Morgan fingerprint density at radius 1 is 1.28 bits per heavy atom. The molecule has 0 aromatic heterocycles. The van der Waals surface area contributed by atoms with Crippen molar-refractivity contribution in [3.63, 3.8) is 0 Å². The second-order valence-electron chi connectivity index (χ2n) is 3.27. The topological polar surface area (TPSA) is 69.4 Å². The molecule has 0 radical (unpaired) electrons. The monoisotopic (exact) mass is 281 g/mol. The largest absolute Gasteiger partial charge is 0.452 e. The van der Waals surface area contributed by atoms with Crippen molar-refractivity contribution in [3.8, 4) is 0 Å². The molecule has 0 atom stereocenters. The lowest BCUT2D eigenvalue weighted by molar-refractivity contribution is -0.137. The maximum Gasteiger partial charge on any atom is 0.416 e. The molecule has 0 bridgehead atoms. The fraction of sp³-hybridized carbons (Fsp3) is 0.200. The van der Waals surface area contributed by atoms with Gasteiger partial charge in [-0.15, -0.1) is 0 Å². The number of primary amides is 1. The van der Waals surface area contributed by atoms with Crippen LogP contribution in [0.3, 0.4) is 0 Å². The average molecular weight is 282 g/mol. The van der Waals surface area contributed by atoms with Crippen molar-refractivity contribution in [3.05, 3.63) is 34.3 Å². The summed E-state index contributed by atoms with van der Waals surface area (Å²) >= 11 is 5.46. The van der Waals surface area contributed by atoms with Gasteiger partial charge in [0.25, 0.3) is 5.91 Å². The smallest absolute Gasteiger partial charge is 0.416 e. The van der Waals surface area contributed by atoms with Crippen LogP contribution < -0.4 is 5.73 Å². The van der Waals surface area contributed by atoms with Crippen LogP contribution in [-0.4, -0.2) is 18.5 Å². The normalized spacial score (nSPS) is 11.1. The molecule has 18 heavy (non-hydrogen) atoms. The number of hydrogen-bond acceptors (Lipinski definition) is 3. The van der Waals surface area contributed by atoms with Gasteiger partial charge in [-0.1, -0.05) is 11.6 Å². The molecule has 1 amide bonds. The quantitative estimate of drug-likeness (QED) is 0.862. The third kappa shape index (κ3) is 3.92. The second kappa shape index (κ2) is 5.26. The van der Waals surface area contributed by atoms with Gasteiger partial charge >= 0.3 is 12.1 Å². The van der Waals surface area contributed by atoms with Gasteiger partial charge in [0.1, 0.15) is 0 Å². The number of amides is 1. The number of ether oxygens (including phenoxy) is 1. The number of hydrogen-bond donors (Lipinski definition) is 1. The number of alkyl halides is 3. The summed E-state index contributed by atoms with van der Waals surface area (Å²) in [6.07, 6.45) is -4.64. The molecule has 1 rings (SSSR count). The Morgan fingerprint density at radius 2 is 1.89 bits per heavy atom. The van der Waals surface area contributed by atoms with Gasteiger partial charge in [0.2, 0.25) is 0 Å². The van der Waals surface area contributed by atoms with Crippen molar-refractivity contribution in [1.29, 1.82) is 0 Å². The van der Waals surface area contributed by atoms with Gasteiger partial charge < -0.3 is 10.5 Å². The Labute approximate surface area is 104 Å². The predicted molar refractivity (Wildman–Crippen MR) is 55.9 cm³/mol. The summed E-state index contributed by atoms with van der Waals surface area (Å²) in [4.78, 5) is 21.7. The minimum absolute atomic E-state index is 0.268. The summed E-state index contributed by atoms with van der Waals surface area (Å²) in [5.41, 5.74) is 3.24. The van der Waals surface area contributed by atoms with E-state index in [4.69, 9.17) is 17.3 Å². The summed E-state index contributed by atoms with van der Waals surface area (Å²) in [7, 11) is 0. The number of rotatable bonds is 3. The first-order valence-corrected chi connectivity index (χ1v) is 4.91. The number of benzene rings is 1. The first kappa shape index (κ1) is 14.3. The third-order valence-corrected chi connectivity index (χ3v) is 2.02. The number of esters is 1. The van der Waals surface area contributed by atoms with Gasteiger partial charge in [0, 0.05) is 5.02 Å². The highest BCUT2D eigenvalue weighted by atomic mass is 35.5. The van der Waals surface area contributed by atoms with Crippen molar-refractivity contribution in [2.24, 2.45) is 5.73 Å². The molecule has 0 aliphatic heterocycles. The SMILES string of the molecule is NC(=O)COC(=O)c1cc(Cl)cc(C(F)(F)F)c1. The van der Waals surface area contributed by atoms with Crippen LogP contribution in [0.15, 0.2) is 18.2 Å². The summed E-state index contributed by atoms with van der Waals surface area (Å²) < 4.78 is 41.7. The lowest BCUT2D eigenvalue weighted by Gasteiger charge is -2.09. The van der Waals surface area contributed by atoms with Gasteiger partial charge in [-0.3, -0.25) is 4.79 Å². The first-order chi connectivity index (χ1) is 8.20. The van der Waals surface area contributed by atoms with Crippen LogP contribution in [0.4, 0.5) is 13.2 Å². The fourth-order valence-corrected chi connectivity index (χ4v) is 1.33. The van der Waals surface area contributed by atoms with Crippen LogP contribution >= 0.6 is 11.6 Å². The first-order valence-electron chi connectivity index (χ1n) is 4.53. The Balaban J connectivity index is 2.99. The standard InChI is InChI=1S/C10H7ClF3NO3/c11-7-2-5(9(17)18-4-8(15)16)1-6(3-7)10(12,13)14/h1-3H,4H2,(H2,15,16). The molecule has 1 aromatic rings. The maximum atomic E-state index is 12.4. The van der Waals surface area contributed by atoms with Crippen molar-refractivity contribution in [2.45, 2.75) is 6.18 Å². The fourth-order valence-electron chi connectivity index (χ4n) is 1.09. The van der Waals surface area contributed by atoms with E-state index in [0.29, 0.717) is 12.1 Å². The Hall–Kier alpha value is -1.76. The Kier molecular flexibility index (Phi) is 4.18. The third-order valence-electron chi connectivity index (χ3n) is 1.81. The molecule has 0 unspecified atom stereocenters. The van der Waals surface area contributed by atoms with Crippen molar-refractivity contribution in [1.82, 2.24) is 0 Å². The van der Waals surface area contributed by atoms with Crippen molar-refractivity contribution in [2.75, 3.05) is 6.61 Å². The zero-order valence-corrected chi connectivity index (χ0v) is 9.51. The molecule has 4 nitrogen and oxygen atoms in total. The molecule has 0 saturated carbocycles. The zero-order valence-electron chi connectivity index (χ0n) is 8.75. The van der Waals surface area contributed by atoms with E-state index in [1.165, 1.54) is 0 Å². The molecule has 2 N–H and O–H groups in total. The summed E-state index contributed by atoms with van der Waals surface area (Å²) in [6.45, 7) is -0.716. The van der Waals surface area contributed by atoms with Gasteiger partial charge in [0.15, 0.2) is 6.61 Å². The molecule has 0 spiro atoms. The molecule has 98 valence electrons. The summed E-state index contributed by atoms with van der Waals surface area (Å²) in [5.74, 6) is -2.02. The van der Waals surface area contributed by atoms with E-state index in [0.717, 1.165) is 6.07 Å². The van der Waals surface area contributed by atoms with E-state index in [2.05, 4.69) is 4.74 Å². The van der Waals surface area contributed by atoms with E-state index in [-0.39, 0.29) is 5.02 Å². The predicted octanol–water partition coefficient (Wildman–Crippen LogP) is 2.00. The van der Waals surface area contributed by atoms with E-state index in [9.17, 15) is 22.8 Å². The number of carbonyl (C=O) groups is 2. The molecule has 8 heteroatoms. The van der Waals surface area contributed by atoms with Crippen LogP contribution in [0.5, 0.6) is 0 Å². The van der Waals surface area contributed by atoms with Crippen LogP contribution in [0.25, 0.3) is 0 Å². The molecular weight excluding hydrogens is 275 g/mol. The number of carbonyl (C=O) groups excluding carboxylic acids is 2. The van der Waals surface area contributed by atoms with Crippen LogP contribution in [0.1, 0.15) is 15.9 Å². The van der Waals surface area contributed by atoms with Crippen molar-refractivity contribution >= 4 is 23.5 Å². The Morgan fingerprint density at radius 3 is 2.39 bits per heavy atom. The van der Waals surface area contributed by atoms with E-state index in [1.807, 2.05) is 0 Å². The molecule has 0 saturated heterocycles. The molecule has 0 heterocycles. The van der Waals surface area contributed by atoms with Gasteiger partial charge in [-0.05, 0) is 18.2 Å². The lowest BCUT2D eigenvalue weighted by atomic mass is 10.1. The highest BCUT2D eigenvalue weighted by Gasteiger charge is 2.31. The number of nitrogens with two attached hydrogens (primary N) is 1. The van der Waals surface area contributed by atoms with Crippen molar-refractivity contribution < 1.29 is 27.5 Å². The minimum Gasteiger partial charge on any atom is -0.452 e.